The molecule has 41 heavy (non-hydrogen) atoms. The lowest BCUT2D eigenvalue weighted by Gasteiger charge is -2.34. The highest BCUT2D eigenvalue weighted by Crippen LogP contribution is 2.59. The molecule has 0 atom stereocenters. The van der Waals surface area contributed by atoms with Crippen molar-refractivity contribution in [2.75, 3.05) is 0 Å². The van der Waals surface area contributed by atoms with E-state index in [1.54, 1.807) is 0 Å². The molecular formula is C39H30O2. The monoisotopic (exact) mass is 530 g/mol. The van der Waals surface area contributed by atoms with Crippen LogP contribution in [0.2, 0.25) is 0 Å². The third kappa shape index (κ3) is 3.82. The Hall–Kier alpha value is -4.95. The van der Waals surface area contributed by atoms with Crippen molar-refractivity contribution < 1.29 is 4.42 Å². The lowest BCUT2D eigenvalue weighted by molar-refractivity contribution is 0.498. The van der Waals surface area contributed by atoms with Crippen molar-refractivity contribution >= 4 is 22.1 Å². The smallest absolute Gasteiger partial charge is 0.200 e. The Morgan fingerprint density at radius 2 is 1.12 bits per heavy atom. The van der Waals surface area contributed by atoms with E-state index in [9.17, 15) is 4.79 Å². The first-order valence-corrected chi connectivity index (χ1v) is 14.2. The molecule has 1 heterocycles. The fraction of sp³-hybridized carbons (Fsp3) is 0.103. The van der Waals surface area contributed by atoms with Gasteiger partial charge in [0.2, 0.25) is 5.43 Å². The summed E-state index contributed by atoms with van der Waals surface area (Å²) in [6, 6.07) is 47.7. The van der Waals surface area contributed by atoms with E-state index in [4.69, 9.17) is 4.42 Å². The zero-order chi connectivity index (χ0) is 28.0. The standard InChI is InChI=1S/C39H30O2/c1-26(2)29-23-24-33-32(25-29)37(40)35-34(27-15-7-3-8-16-27)36(28-17-9-4-10-18-28)39(38(35)41-33,30-19-11-5-12-20-30)31-21-13-6-14-22-31/h3-26H,1-2H3. The van der Waals surface area contributed by atoms with E-state index in [0.717, 1.165) is 39.0 Å². The maximum absolute atomic E-state index is 14.8. The summed E-state index contributed by atoms with van der Waals surface area (Å²) in [5.74, 6) is 0.964. The molecule has 2 heteroatoms. The zero-order valence-corrected chi connectivity index (χ0v) is 23.2. The molecule has 0 fully saturated rings. The van der Waals surface area contributed by atoms with Gasteiger partial charge in [-0.15, -0.1) is 0 Å². The molecule has 0 bridgehead atoms. The number of hydrogen-bond acceptors (Lipinski definition) is 2. The van der Waals surface area contributed by atoms with Gasteiger partial charge < -0.3 is 4.42 Å². The first-order chi connectivity index (χ1) is 20.1. The summed E-state index contributed by atoms with van der Waals surface area (Å²) in [7, 11) is 0. The van der Waals surface area contributed by atoms with Crippen LogP contribution in [0.1, 0.15) is 58.9 Å². The number of benzene rings is 5. The molecule has 0 N–H and O–H groups in total. The van der Waals surface area contributed by atoms with Gasteiger partial charge in [0.05, 0.1) is 10.9 Å². The van der Waals surface area contributed by atoms with Gasteiger partial charge in [-0.2, -0.15) is 0 Å². The van der Waals surface area contributed by atoms with Gasteiger partial charge in [0, 0.05) is 5.57 Å². The summed E-state index contributed by atoms with van der Waals surface area (Å²) in [6.45, 7) is 4.30. The Kier molecular flexibility index (Phi) is 6.05. The second-order valence-corrected chi connectivity index (χ2v) is 11.0. The van der Waals surface area contributed by atoms with E-state index >= 15 is 0 Å². The van der Waals surface area contributed by atoms with Gasteiger partial charge in [-0.1, -0.05) is 141 Å². The largest absolute Gasteiger partial charge is 0.458 e. The second kappa shape index (κ2) is 9.91. The van der Waals surface area contributed by atoms with Crippen LogP contribution in [0, 0.1) is 0 Å². The molecule has 1 aliphatic carbocycles. The van der Waals surface area contributed by atoms with Crippen LogP contribution in [0.5, 0.6) is 0 Å². The first-order valence-electron chi connectivity index (χ1n) is 14.2. The number of allylic oxidation sites excluding steroid dienone is 1. The summed E-state index contributed by atoms with van der Waals surface area (Å²) in [5, 5.41) is 0.618. The lowest BCUT2D eigenvalue weighted by Crippen LogP contribution is -2.30. The van der Waals surface area contributed by atoms with Crippen LogP contribution in [0.3, 0.4) is 0 Å². The predicted octanol–water partition coefficient (Wildman–Crippen LogP) is 9.22. The second-order valence-electron chi connectivity index (χ2n) is 11.0. The molecular weight excluding hydrogens is 500 g/mol. The van der Waals surface area contributed by atoms with E-state index < -0.39 is 5.41 Å². The van der Waals surface area contributed by atoms with Crippen molar-refractivity contribution in [1.82, 2.24) is 0 Å². The van der Waals surface area contributed by atoms with Crippen LogP contribution in [-0.4, -0.2) is 0 Å². The molecule has 0 saturated carbocycles. The van der Waals surface area contributed by atoms with Gasteiger partial charge in [-0.25, -0.2) is 0 Å². The van der Waals surface area contributed by atoms with Gasteiger partial charge in [-0.05, 0) is 51.4 Å². The highest BCUT2D eigenvalue weighted by molar-refractivity contribution is 6.10. The molecule has 2 nitrogen and oxygen atoms in total. The normalized spacial score (nSPS) is 14.0. The quantitative estimate of drug-likeness (QED) is 0.222. The van der Waals surface area contributed by atoms with Crippen LogP contribution in [-0.2, 0) is 5.41 Å². The van der Waals surface area contributed by atoms with E-state index in [2.05, 4.69) is 105 Å². The molecule has 1 aliphatic rings. The third-order valence-corrected chi connectivity index (χ3v) is 8.34. The average Bonchev–Trinajstić information content (AvgIpc) is 3.34. The predicted molar refractivity (Wildman–Crippen MR) is 168 cm³/mol. The Labute approximate surface area is 240 Å². The summed E-state index contributed by atoms with van der Waals surface area (Å²) in [6.07, 6.45) is 0. The van der Waals surface area contributed by atoms with Crippen molar-refractivity contribution in [3.05, 3.63) is 189 Å². The van der Waals surface area contributed by atoms with E-state index in [1.165, 1.54) is 0 Å². The zero-order valence-electron chi connectivity index (χ0n) is 23.2. The molecule has 5 aromatic carbocycles. The topological polar surface area (TPSA) is 30.2 Å². The van der Waals surface area contributed by atoms with Crippen LogP contribution in [0.25, 0.3) is 22.1 Å². The van der Waals surface area contributed by atoms with Crippen molar-refractivity contribution in [2.45, 2.75) is 25.2 Å². The molecule has 0 radical (unpaired) electrons. The maximum Gasteiger partial charge on any atom is 0.200 e. The Morgan fingerprint density at radius 1 is 0.610 bits per heavy atom. The maximum atomic E-state index is 14.8. The molecule has 0 aliphatic heterocycles. The fourth-order valence-electron chi connectivity index (χ4n) is 6.44. The van der Waals surface area contributed by atoms with Crippen molar-refractivity contribution in [1.29, 1.82) is 0 Å². The van der Waals surface area contributed by atoms with Gasteiger partial charge in [-0.3, -0.25) is 4.79 Å². The lowest BCUT2D eigenvalue weighted by atomic mass is 9.67. The summed E-state index contributed by atoms with van der Waals surface area (Å²) in [4.78, 5) is 14.8. The van der Waals surface area contributed by atoms with Crippen molar-refractivity contribution in [3.8, 4) is 0 Å². The molecule has 1 aromatic heterocycles. The van der Waals surface area contributed by atoms with Crippen LogP contribution in [0.15, 0.2) is 149 Å². The van der Waals surface area contributed by atoms with Crippen molar-refractivity contribution in [2.24, 2.45) is 0 Å². The molecule has 7 rings (SSSR count). The Balaban J connectivity index is 1.75. The van der Waals surface area contributed by atoms with Crippen LogP contribution in [0.4, 0.5) is 0 Å². The summed E-state index contributed by atoms with van der Waals surface area (Å²) in [5.41, 5.74) is 7.64. The molecule has 0 unspecified atom stereocenters. The number of rotatable bonds is 5. The van der Waals surface area contributed by atoms with E-state index in [1.807, 2.05) is 48.5 Å². The Morgan fingerprint density at radius 3 is 1.66 bits per heavy atom. The average molecular weight is 531 g/mol. The Bertz CT molecular complexity index is 1910. The number of hydrogen-bond donors (Lipinski definition) is 0. The molecule has 0 spiro atoms. The fourth-order valence-corrected chi connectivity index (χ4v) is 6.44. The van der Waals surface area contributed by atoms with Gasteiger partial charge in [0.25, 0.3) is 0 Å². The number of fused-ring (bicyclic) bond motifs is 2. The highest BCUT2D eigenvalue weighted by atomic mass is 16.3. The van der Waals surface area contributed by atoms with Crippen LogP contribution < -0.4 is 5.43 Å². The van der Waals surface area contributed by atoms with E-state index in [0.29, 0.717) is 28.2 Å². The highest BCUT2D eigenvalue weighted by Gasteiger charge is 2.52. The van der Waals surface area contributed by atoms with E-state index in [-0.39, 0.29) is 5.43 Å². The minimum Gasteiger partial charge on any atom is -0.458 e. The summed E-state index contributed by atoms with van der Waals surface area (Å²) >= 11 is 0. The van der Waals surface area contributed by atoms with Gasteiger partial charge >= 0.3 is 0 Å². The molecule has 6 aromatic rings. The van der Waals surface area contributed by atoms with Crippen molar-refractivity contribution in [3.63, 3.8) is 0 Å². The SMILES string of the molecule is CC(C)c1ccc2oc3c(c(=O)c2c1)C(c1ccccc1)=C(c1ccccc1)C3(c1ccccc1)c1ccccc1. The molecule has 0 amide bonds. The minimum absolute atomic E-state index is 0.00442. The molecule has 198 valence electrons. The molecule has 0 saturated heterocycles. The minimum atomic E-state index is -0.853. The van der Waals surface area contributed by atoms with Gasteiger partial charge in [0.15, 0.2) is 0 Å². The first kappa shape index (κ1) is 25.0. The van der Waals surface area contributed by atoms with Gasteiger partial charge in [0.1, 0.15) is 16.8 Å². The third-order valence-electron chi connectivity index (χ3n) is 8.34. The summed E-state index contributed by atoms with van der Waals surface area (Å²) < 4.78 is 7.01. The van der Waals surface area contributed by atoms with Crippen LogP contribution >= 0.6 is 0 Å².